The van der Waals surface area contributed by atoms with Crippen LogP contribution in [0.1, 0.15) is 13.3 Å². The number of aliphatic carboxylic acids is 1. The molecule has 0 aliphatic carbocycles. The topological polar surface area (TPSA) is 49.4 Å². The molecule has 0 aliphatic heterocycles. The number of carboxylic acid groups (broad SMARTS) is 1. The minimum Gasteiger partial charge on any atom is -0.544 e. The molecule has 0 saturated carbocycles. The third-order valence-electron chi connectivity index (χ3n) is 1.13. The molecule has 3 nitrogen and oxygen atoms in total. The molecular formula is C6H7F4KO3. The molecule has 0 aromatic rings. The van der Waals surface area contributed by atoms with Crippen LogP contribution in [0, 0.1) is 0 Å². The maximum absolute atomic E-state index is 12.6. The quantitative estimate of drug-likeness (QED) is 0.401. The third-order valence-corrected chi connectivity index (χ3v) is 1.13. The molecule has 0 N–H and O–H groups in total. The molecule has 0 aromatic carbocycles. The Hall–Kier alpha value is 0.786. The molecule has 0 saturated heterocycles. The number of carbonyl (C=O) groups is 1. The molecule has 0 radical (unpaired) electrons. The van der Waals surface area contributed by atoms with E-state index in [1.54, 1.807) is 0 Å². The summed E-state index contributed by atoms with van der Waals surface area (Å²) >= 11 is 0. The summed E-state index contributed by atoms with van der Waals surface area (Å²) in [7, 11) is 0. The average molecular weight is 242 g/mol. The van der Waals surface area contributed by atoms with Crippen molar-refractivity contribution in [1.29, 1.82) is 0 Å². The third kappa shape index (κ3) is 4.11. The van der Waals surface area contributed by atoms with Crippen LogP contribution in [-0.2, 0) is 9.53 Å². The summed E-state index contributed by atoms with van der Waals surface area (Å²) in [5, 5.41) is 9.84. The van der Waals surface area contributed by atoms with Gasteiger partial charge in [0.2, 0.25) is 0 Å². The molecule has 0 fully saturated rings. The first-order valence-corrected chi connectivity index (χ1v) is 3.36. The monoisotopic (exact) mass is 242 g/mol. The summed E-state index contributed by atoms with van der Waals surface area (Å²) in [4.78, 5) is 9.84. The normalized spacial score (nSPS) is 15.5. The van der Waals surface area contributed by atoms with Gasteiger partial charge in [-0.3, -0.25) is 0 Å². The van der Waals surface area contributed by atoms with Crippen LogP contribution in [0.25, 0.3) is 0 Å². The summed E-state index contributed by atoms with van der Waals surface area (Å²) in [5.74, 6) is -7.64. The van der Waals surface area contributed by atoms with Gasteiger partial charge in [-0.15, -0.1) is 0 Å². The van der Waals surface area contributed by atoms with E-state index in [4.69, 9.17) is 0 Å². The zero-order valence-corrected chi connectivity index (χ0v) is 10.8. The number of hydrogen-bond acceptors (Lipinski definition) is 3. The first kappa shape index (κ1) is 17.2. The van der Waals surface area contributed by atoms with Crippen LogP contribution < -0.4 is 56.5 Å². The van der Waals surface area contributed by atoms with Crippen molar-refractivity contribution in [3.8, 4) is 0 Å². The number of hydrogen-bond donors (Lipinski definition) is 0. The van der Waals surface area contributed by atoms with E-state index in [-0.39, 0.29) is 57.8 Å². The predicted octanol–water partition coefficient (Wildman–Crippen LogP) is -2.60. The van der Waals surface area contributed by atoms with E-state index >= 15 is 0 Å². The Kier molecular flexibility index (Phi) is 7.84. The van der Waals surface area contributed by atoms with Gasteiger partial charge in [0.15, 0.2) is 0 Å². The number of halogens is 4. The molecule has 0 rings (SSSR count). The van der Waals surface area contributed by atoms with Crippen LogP contribution in [0.5, 0.6) is 0 Å². The molecule has 8 heteroatoms. The Morgan fingerprint density at radius 2 is 1.79 bits per heavy atom. The van der Waals surface area contributed by atoms with E-state index in [9.17, 15) is 27.5 Å². The Bertz CT molecular complexity index is 196. The van der Waals surface area contributed by atoms with Gasteiger partial charge in [0.25, 0.3) is 0 Å². The molecule has 0 aliphatic rings. The second kappa shape index (κ2) is 6.39. The Labute approximate surface area is 120 Å². The molecule has 0 amide bonds. The minimum atomic E-state index is -5.62. The fourth-order valence-electron chi connectivity index (χ4n) is 0.499. The number of alkyl halides is 4. The van der Waals surface area contributed by atoms with Crippen molar-refractivity contribution in [3.63, 3.8) is 0 Å². The number of carboxylic acids is 1. The summed E-state index contributed by atoms with van der Waals surface area (Å²) < 4.78 is 51.4. The van der Waals surface area contributed by atoms with E-state index in [1.165, 1.54) is 6.92 Å². The second-order valence-electron chi connectivity index (χ2n) is 2.23. The smallest absolute Gasteiger partial charge is 0.544 e. The first-order chi connectivity index (χ1) is 5.75. The van der Waals surface area contributed by atoms with Gasteiger partial charge in [0.1, 0.15) is 5.97 Å². The van der Waals surface area contributed by atoms with Crippen LogP contribution in [0.2, 0.25) is 0 Å². The van der Waals surface area contributed by atoms with Crippen molar-refractivity contribution >= 4 is 5.97 Å². The largest absolute Gasteiger partial charge is 1.00 e. The molecule has 0 bridgehead atoms. The van der Waals surface area contributed by atoms with Crippen molar-refractivity contribution in [2.24, 2.45) is 0 Å². The van der Waals surface area contributed by atoms with Gasteiger partial charge < -0.3 is 14.6 Å². The van der Waals surface area contributed by atoms with Crippen molar-refractivity contribution in [2.75, 3.05) is 6.61 Å². The average Bonchev–Trinajstić information content (AvgIpc) is 1.97. The fraction of sp³-hybridized carbons (Fsp3) is 0.833. The van der Waals surface area contributed by atoms with Gasteiger partial charge in [-0.25, -0.2) is 0 Å². The summed E-state index contributed by atoms with van der Waals surface area (Å²) in [6.45, 7) is 0.760. The summed E-state index contributed by atoms with van der Waals surface area (Å²) in [5.41, 5.74) is 0. The summed E-state index contributed by atoms with van der Waals surface area (Å²) in [6.07, 6.45) is -5.56. The van der Waals surface area contributed by atoms with E-state index in [0.717, 1.165) is 0 Å². The van der Waals surface area contributed by atoms with Gasteiger partial charge in [-0.05, 0) is 6.42 Å². The Morgan fingerprint density at radius 1 is 1.36 bits per heavy atom. The van der Waals surface area contributed by atoms with Crippen LogP contribution in [0.3, 0.4) is 0 Å². The predicted molar refractivity (Wildman–Crippen MR) is 31.1 cm³/mol. The van der Waals surface area contributed by atoms with E-state index < -0.39 is 24.6 Å². The van der Waals surface area contributed by atoms with Gasteiger partial charge >= 0.3 is 63.4 Å². The maximum Gasteiger partial charge on any atom is 1.00 e. The fourth-order valence-corrected chi connectivity index (χ4v) is 0.499. The number of rotatable bonds is 4. The van der Waals surface area contributed by atoms with Crippen LogP contribution in [0.15, 0.2) is 0 Å². The van der Waals surface area contributed by atoms with Crippen molar-refractivity contribution in [1.82, 2.24) is 0 Å². The Morgan fingerprint density at radius 3 is 2.00 bits per heavy atom. The molecule has 0 aromatic heterocycles. The first-order valence-electron chi connectivity index (χ1n) is 3.36. The molecule has 1 atom stereocenters. The SMILES string of the molecule is CCCOC(F)(C(=O)[O-])C(F)(F)F.[K+]. The van der Waals surface area contributed by atoms with Crippen LogP contribution in [-0.4, -0.2) is 24.6 Å². The van der Waals surface area contributed by atoms with E-state index in [2.05, 4.69) is 4.74 Å². The zero-order chi connectivity index (χ0) is 10.7. The number of carbonyl (C=O) groups excluding carboxylic acids is 1. The zero-order valence-electron chi connectivity index (χ0n) is 7.65. The second-order valence-corrected chi connectivity index (χ2v) is 2.23. The van der Waals surface area contributed by atoms with E-state index in [1.807, 2.05) is 0 Å². The molecular weight excluding hydrogens is 235 g/mol. The Balaban J connectivity index is 0. The van der Waals surface area contributed by atoms with Gasteiger partial charge in [0, 0.05) is 0 Å². The minimum absolute atomic E-state index is 0. The van der Waals surface area contributed by atoms with Crippen molar-refractivity contribution in [2.45, 2.75) is 25.4 Å². The molecule has 0 spiro atoms. The van der Waals surface area contributed by atoms with Crippen LogP contribution in [0.4, 0.5) is 17.6 Å². The molecule has 14 heavy (non-hydrogen) atoms. The molecule has 78 valence electrons. The van der Waals surface area contributed by atoms with Gasteiger partial charge in [-0.1, -0.05) is 6.92 Å². The standard InChI is InChI=1S/C6H8F4O3.K/c1-2-3-13-5(7,4(11)12)6(8,9)10;/h2-3H2,1H3,(H,11,12);/q;+1/p-1. The molecule has 1 unspecified atom stereocenters. The molecule has 0 heterocycles. The van der Waals surface area contributed by atoms with Crippen molar-refractivity contribution < 1.29 is 83.6 Å². The van der Waals surface area contributed by atoms with Gasteiger partial charge in [-0.2, -0.15) is 17.6 Å². The van der Waals surface area contributed by atoms with Crippen LogP contribution >= 0.6 is 0 Å². The maximum atomic E-state index is 12.6. The number of ether oxygens (including phenoxy) is 1. The van der Waals surface area contributed by atoms with Crippen molar-refractivity contribution in [3.05, 3.63) is 0 Å². The van der Waals surface area contributed by atoms with Gasteiger partial charge in [0.05, 0.1) is 6.61 Å². The summed E-state index contributed by atoms with van der Waals surface area (Å²) in [6, 6.07) is 0. The van der Waals surface area contributed by atoms with E-state index in [0.29, 0.717) is 0 Å².